The van der Waals surface area contributed by atoms with E-state index in [9.17, 15) is 0 Å². The van der Waals surface area contributed by atoms with Crippen LogP contribution >= 0.6 is 0 Å². The summed E-state index contributed by atoms with van der Waals surface area (Å²) in [5.74, 6) is 0.649. The van der Waals surface area contributed by atoms with Crippen molar-refractivity contribution in [2.24, 2.45) is 5.92 Å². The molecule has 0 amide bonds. The zero-order valence-corrected chi connectivity index (χ0v) is 9.51. The third-order valence-corrected chi connectivity index (χ3v) is 4.02. The Hall–Kier alpha value is -0.0800. The Morgan fingerprint density at radius 3 is 2.57 bits per heavy atom. The molecule has 2 fully saturated rings. The van der Waals surface area contributed by atoms with Crippen LogP contribution in [0.25, 0.3) is 0 Å². The van der Waals surface area contributed by atoms with Crippen LogP contribution in [0.15, 0.2) is 0 Å². The quantitative estimate of drug-likeness (QED) is 0.643. The average Bonchev–Trinajstić information content (AvgIpc) is 2.35. The molecule has 2 atom stereocenters. The van der Waals surface area contributed by atoms with Crippen LogP contribution in [0.5, 0.6) is 0 Å². The molecule has 0 bridgehead atoms. The first-order valence-electron chi connectivity index (χ1n) is 6.09. The van der Waals surface area contributed by atoms with Crippen molar-refractivity contribution in [3.63, 3.8) is 0 Å². The van der Waals surface area contributed by atoms with E-state index in [1.807, 2.05) is 0 Å². The van der Waals surface area contributed by atoms with Gasteiger partial charge in [0.05, 0.1) is 12.2 Å². The highest BCUT2D eigenvalue weighted by Crippen LogP contribution is 2.33. The summed E-state index contributed by atoms with van der Waals surface area (Å²) in [6.07, 6.45) is 6.63. The minimum atomic E-state index is 0.192. The Morgan fingerprint density at radius 1 is 1.14 bits per heavy atom. The standard InChI is InChI=1S/C12H23NO/c1-10-8-14-12(9-13-11(10)2)6-4-3-5-7-12/h10-11,13H,3-9H2,1-2H3. The summed E-state index contributed by atoms with van der Waals surface area (Å²) in [6.45, 7) is 6.56. The van der Waals surface area contributed by atoms with Crippen molar-refractivity contribution >= 4 is 0 Å². The Bertz CT molecular complexity index is 173. The number of nitrogens with one attached hydrogen (secondary N) is 1. The summed E-state index contributed by atoms with van der Waals surface area (Å²) in [5.41, 5.74) is 0.192. The van der Waals surface area contributed by atoms with Gasteiger partial charge in [-0.25, -0.2) is 0 Å². The minimum absolute atomic E-state index is 0.192. The van der Waals surface area contributed by atoms with Crippen LogP contribution in [0.4, 0.5) is 0 Å². The van der Waals surface area contributed by atoms with Crippen LogP contribution in [0.1, 0.15) is 46.0 Å². The van der Waals surface area contributed by atoms with Gasteiger partial charge < -0.3 is 10.1 Å². The predicted molar refractivity (Wildman–Crippen MR) is 58.4 cm³/mol. The molecule has 1 saturated heterocycles. The molecule has 2 unspecified atom stereocenters. The SMILES string of the molecule is CC1COC2(CCCCC2)CNC1C. The molecule has 2 nitrogen and oxygen atoms in total. The minimum Gasteiger partial charge on any atom is -0.373 e. The van der Waals surface area contributed by atoms with Gasteiger partial charge in [0.1, 0.15) is 0 Å². The highest BCUT2D eigenvalue weighted by molar-refractivity contribution is 4.90. The van der Waals surface area contributed by atoms with Crippen molar-refractivity contribution in [1.29, 1.82) is 0 Å². The van der Waals surface area contributed by atoms with Crippen molar-refractivity contribution in [2.45, 2.75) is 57.6 Å². The summed E-state index contributed by atoms with van der Waals surface area (Å²) in [6, 6.07) is 0.608. The lowest BCUT2D eigenvalue weighted by molar-refractivity contribution is -0.0662. The van der Waals surface area contributed by atoms with Gasteiger partial charge >= 0.3 is 0 Å². The molecule has 14 heavy (non-hydrogen) atoms. The molecule has 1 spiro atoms. The van der Waals surface area contributed by atoms with Crippen LogP contribution < -0.4 is 5.32 Å². The zero-order chi connectivity index (χ0) is 10.0. The van der Waals surface area contributed by atoms with Gasteiger partial charge in [0, 0.05) is 12.6 Å². The smallest absolute Gasteiger partial charge is 0.0806 e. The van der Waals surface area contributed by atoms with E-state index >= 15 is 0 Å². The molecule has 1 N–H and O–H groups in total. The van der Waals surface area contributed by atoms with Crippen molar-refractivity contribution < 1.29 is 4.74 Å². The van der Waals surface area contributed by atoms with E-state index in [4.69, 9.17) is 4.74 Å². The fraction of sp³-hybridized carbons (Fsp3) is 1.00. The molecule has 1 saturated carbocycles. The molecular formula is C12H23NO. The maximum absolute atomic E-state index is 6.15. The first-order valence-corrected chi connectivity index (χ1v) is 6.09. The van der Waals surface area contributed by atoms with E-state index in [0.29, 0.717) is 12.0 Å². The summed E-state index contributed by atoms with van der Waals surface area (Å²) in [7, 11) is 0. The zero-order valence-electron chi connectivity index (χ0n) is 9.51. The third-order valence-electron chi connectivity index (χ3n) is 4.02. The van der Waals surface area contributed by atoms with Crippen molar-refractivity contribution in [2.75, 3.05) is 13.2 Å². The van der Waals surface area contributed by atoms with Crippen molar-refractivity contribution in [1.82, 2.24) is 5.32 Å². The van der Waals surface area contributed by atoms with Crippen molar-refractivity contribution in [3.05, 3.63) is 0 Å². The van der Waals surface area contributed by atoms with E-state index in [-0.39, 0.29) is 5.60 Å². The van der Waals surface area contributed by atoms with Gasteiger partial charge in [-0.1, -0.05) is 26.2 Å². The Morgan fingerprint density at radius 2 is 1.86 bits per heavy atom. The van der Waals surface area contributed by atoms with E-state index in [0.717, 1.165) is 13.2 Å². The van der Waals surface area contributed by atoms with Crippen LogP contribution in [-0.4, -0.2) is 24.8 Å². The van der Waals surface area contributed by atoms with E-state index in [1.165, 1.54) is 32.1 Å². The van der Waals surface area contributed by atoms with E-state index in [2.05, 4.69) is 19.2 Å². The summed E-state index contributed by atoms with van der Waals surface area (Å²) in [5, 5.41) is 3.63. The van der Waals surface area contributed by atoms with Crippen LogP contribution in [-0.2, 0) is 4.74 Å². The molecule has 2 aliphatic rings. The molecule has 1 aliphatic heterocycles. The van der Waals surface area contributed by atoms with Gasteiger partial charge in [-0.05, 0) is 25.7 Å². The normalized spacial score (nSPS) is 38.1. The lowest BCUT2D eigenvalue weighted by Crippen LogP contribution is -2.44. The second-order valence-electron chi connectivity index (χ2n) is 5.20. The topological polar surface area (TPSA) is 21.3 Å². The molecule has 1 aliphatic carbocycles. The van der Waals surface area contributed by atoms with Crippen LogP contribution in [0.2, 0.25) is 0 Å². The molecule has 0 aromatic heterocycles. The van der Waals surface area contributed by atoms with Crippen LogP contribution in [0, 0.1) is 5.92 Å². The number of hydrogen-bond donors (Lipinski definition) is 1. The second kappa shape index (κ2) is 4.19. The fourth-order valence-electron chi connectivity index (χ4n) is 2.57. The fourth-order valence-corrected chi connectivity index (χ4v) is 2.57. The lowest BCUT2D eigenvalue weighted by Gasteiger charge is -2.36. The monoisotopic (exact) mass is 197 g/mol. The van der Waals surface area contributed by atoms with Crippen LogP contribution in [0.3, 0.4) is 0 Å². The van der Waals surface area contributed by atoms with Gasteiger partial charge in [-0.2, -0.15) is 0 Å². The molecule has 1 heterocycles. The number of hydrogen-bond acceptors (Lipinski definition) is 2. The van der Waals surface area contributed by atoms with Gasteiger partial charge in [-0.3, -0.25) is 0 Å². The van der Waals surface area contributed by atoms with E-state index < -0.39 is 0 Å². The molecule has 82 valence electrons. The molecule has 0 aromatic rings. The van der Waals surface area contributed by atoms with Gasteiger partial charge in [0.15, 0.2) is 0 Å². The maximum Gasteiger partial charge on any atom is 0.0806 e. The maximum atomic E-state index is 6.15. The summed E-state index contributed by atoms with van der Waals surface area (Å²) >= 11 is 0. The Kier molecular flexibility index (Phi) is 3.13. The number of ether oxygens (including phenoxy) is 1. The Labute approximate surface area is 87.4 Å². The van der Waals surface area contributed by atoms with E-state index in [1.54, 1.807) is 0 Å². The summed E-state index contributed by atoms with van der Waals surface area (Å²) < 4.78 is 6.15. The lowest BCUT2D eigenvalue weighted by atomic mass is 9.84. The molecule has 0 aromatic carbocycles. The molecule has 2 heteroatoms. The van der Waals surface area contributed by atoms with Gasteiger partial charge in [-0.15, -0.1) is 0 Å². The number of rotatable bonds is 0. The predicted octanol–water partition coefficient (Wildman–Crippen LogP) is 2.33. The van der Waals surface area contributed by atoms with Crippen molar-refractivity contribution in [3.8, 4) is 0 Å². The largest absolute Gasteiger partial charge is 0.373 e. The highest BCUT2D eigenvalue weighted by atomic mass is 16.5. The molecule has 0 radical (unpaired) electrons. The highest BCUT2D eigenvalue weighted by Gasteiger charge is 2.36. The first-order chi connectivity index (χ1) is 6.72. The second-order valence-corrected chi connectivity index (χ2v) is 5.20. The summed E-state index contributed by atoms with van der Waals surface area (Å²) in [4.78, 5) is 0. The first kappa shape index (κ1) is 10.4. The third kappa shape index (κ3) is 2.12. The molecular weight excluding hydrogens is 174 g/mol. The average molecular weight is 197 g/mol. The van der Waals surface area contributed by atoms with Gasteiger partial charge in [0.25, 0.3) is 0 Å². The van der Waals surface area contributed by atoms with Gasteiger partial charge in [0.2, 0.25) is 0 Å². The molecule has 2 rings (SSSR count). The Balaban J connectivity index is 1.99.